The minimum absolute atomic E-state index is 0.135. The van der Waals surface area contributed by atoms with Crippen LogP contribution in [-0.4, -0.2) is 21.7 Å². The van der Waals surface area contributed by atoms with Crippen LogP contribution in [0.5, 0.6) is 5.75 Å². The van der Waals surface area contributed by atoms with E-state index in [1.54, 1.807) is 13.2 Å². The van der Waals surface area contributed by atoms with Gasteiger partial charge in [-0.05, 0) is 35.7 Å². The second-order valence-corrected chi connectivity index (χ2v) is 6.80. The number of hydrogen-bond acceptors (Lipinski definition) is 3. The fourth-order valence-electron chi connectivity index (χ4n) is 3.20. The van der Waals surface area contributed by atoms with Gasteiger partial charge in [0.2, 0.25) is 0 Å². The van der Waals surface area contributed by atoms with Gasteiger partial charge in [0, 0.05) is 17.3 Å². The van der Waals surface area contributed by atoms with Gasteiger partial charge in [0.25, 0.3) is 5.56 Å². The summed E-state index contributed by atoms with van der Waals surface area (Å²) in [5.74, 6) is 0.993. The molecule has 0 aliphatic carbocycles. The van der Waals surface area contributed by atoms with Crippen molar-refractivity contribution in [1.82, 2.24) is 14.6 Å². The van der Waals surface area contributed by atoms with Crippen LogP contribution >= 0.6 is 0 Å². The van der Waals surface area contributed by atoms with Gasteiger partial charge in [-0.1, -0.05) is 44.2 Å². The van der Waals surface area contributed by atoms with E-state index < -0.39 is 0 Å². The smallest absolute Gasteiger partial charge is 0.274 e. The topological polar surface area (TPSA) is 59.4 Å². The molecule has 0 aliphatic heterocycles. The Morgan fingerprint density at radius 3 is 2.33 bits per heavy atom. The third kappa shape index (κ3) is 3.01. The summed E-state index contributed by atoms with van der Waals surface area (Å²) >= 11 is 0. The van der Waals surface area contributed by atoms with Gasteiger partial charge in [-0.2, -0.15) is 9.61 Å². The molecule has 4 aromatic rings. The number of rotatable bonds is 4. The van der Waals surface area contributed by atoms with Gasteiger partial charge in [0.05, 0.1) is 12.7 Å². The number of nitrogens with zero attached hydrogens (tertiary/aromatic N) is 2. The molecule has 0 fully saturated rings. The Morgan fingerprint density at radius 2 is 1.70 bits per heavy atom. The number of aromatic nitrogens is 3. The highest BCUT2D eigenvalue weighted by Crippen LogP contribution is 2.34. The van der Waals surface area contributed by atoms with Crippen LogP contribution < -0.4 is 10.3 Å². The first-order chi connectivity index (χ1) is 13.1. The van der Waals surface area contributed by atoms with Gasteiger partial charge in [0.1, 0.15) is 17.1 Å². The lowest BCUT2D eigenvalue weighted by Gasteiger charge is -2.08. The number of ether oxygens (including phenoxy) is 1. The minimum Gasteiger partial charge on any atom is -0.497 e. The molecule has 5 nitrogen and oxygen atoms in total. The van der Waals surface area contributed by atoms with Crippen molar-refractivity contribution in [2.75, 3.05) is 7.11 Å². The molecular weight excluding hydrogens is 338 g/mol. The normalized spacial score (nSPS) is 11.3. The van der Waals surface area contributed by atoms with Crippen LogP contribution in [-0.2, 0) is 0 Å². The highest BCUT2D eigenvalue weighted by molar-refractivity contribution is 5.90. The highest BCUT2D eigenvalue weighted by atomic mass is 16.5. The molecule has 2 aromatic heterocycles. The van der Waals surface area contributed by atoms with E-state index >= 15 is 0 Å². The zero-order valence-corrected chi connectivity index (χ0v) is 15.6. The molecule has 5 heteroatoms. The van der Waals surface area contributed by atoms with Crippen LogP contribution in [0.3, 0.4) is 0 Å². The molecule has 0 amide bonds. The molecule has 0 atom stereocenters. The van der Waals surface area contributed by atoms with E-state index in [0.717, 1.165) is 33.8 Å². The molecular formula is C22H21N3O2. The Hall–Kier alpha value is -3.34. The predicted molar refractivity (Wildman–Crippen MR) is 107 cm³/mol. The zero-order valence-electron chi connectivity index (χ0n) is 15.6. The summed E-state index contributed by atoms with van der Waals surface area (Å²) in [6, 6.07) is 19.4. The maximum atomic E-state index is 12.7. The first-order valence-corrected chi connectivity index (χ1v) is 8.94. The summed E-state index contributed by atoms with van der Waals surface area (Å²) in [5.41, 5.74) is 5.09. The summed E-state index contributed by atoms with van der Waals surface area (Å²) < 4.78 is 6.71. The lowest BCUT2D eigenvalue weighted by atomic mass is 10.0. The van der Waals surface area contributed by atoms with Gasteiger partial charge in [-0.3, -0.25) is 4.79 Å². The van der Waals surface area contributed by atoms with E-state index in [-0.39, 0.29) is 11.5 Å². The SMILES string of the molecule is COc1ccc(-c2nn3c(=O)cc(C(C)C)[nH]c3c2-c2ccccc2)cc1. The molecule has 0 saturated heterocycles. The predicted octanol–water partition coefficient (Wildman–Crippen LogP) is 4.49. The number of aromatic amines is 1. The third-order valence-electron chi connectivity index (χ3n) is 4.68. The summed E-state index contributed by atoms with van der Waals surface area (Å²) in [5, 5.41) is 4.65. The van der Waals surface area contributed by atoms with E-state index in [0.29, 0.717) is 5.65 Å². The summed E-state index contributed by atoms with van der Waals surface area (Å²) in [6.45, 7) is 4.12. The molecule has 0 unspecified atom stereocenters. The van der Waals surface area contributed by atoms with Crippen LogP contribution in [0, 0.1) is 0 Å². The Kier molecular flexibility index (Phi) is 4.28. The van der Waals surface area contributed by atoms with E-state index in [1.165, 1.54) is 4.52 Å². The number of fused-ring (bicyclic) bond motifs is 1. The Balaban J connectivity index is 2.05. The fraction of sp³-hybridized carbons (Fsp3) is 0.182. The summed E-state index contributed by atoms with van der Waals surface area (Å²) in [4.78, 5) is 16.1. The molecule has 4 rings (SSSR count). The second kappa shape index (κ2) is 6.76. The molecule has 2 aromatic carbocycles. The van der Waals surface area contributed by atoms with Crippen molar-refractivity contribution in [2.45, 2.75) is 19.8 Å². The Bertz CT molecular complexity index is 1140. The van der Waals surface area contributed by atoms with Crippen LogP contribution in [0.15, 0.2) is 65.5 Å². The molecule has 2 heterocycles. The van der Waals surface area contributed by atoms with Gasteiger partial charge < -0.3 is 9.72 Å². The number of H-pyrrole nitrogens is 1. The second-order valence-electron chi connectivity index (χ2n) is 6.80. The molecule has 27 heavy (non-hydrogen) atoms. The maximum absolute atomic E-state index is 12.7. The molecule has 136 valence electrons. The lowest BCUT2D eigenvalue weighted by molar-refractivity contribution is 0.415. The number of benzene rings is 2. The van der Waals surface area contributed by atoms with Crippen LogP contribution in [0.25, 0.3) is 28.0 Å². The fourth-order valence-corrected chi connectivity index (χ4v) is 3.20. The molecule has 0 aliphatic rings. The summed E-state index contributed by atoms with van der Waals surface area (Å²) in [6.07, 6.45) is 0. The molecule has 0 spiro atoms. The Labute approximate surface area is 157 Å². The number of nitrogens with one attached hydrogen (secondary N) is 1. The van der Waals surface area contributed by atoms with E-state index in [1.807, 2.05) is 54.6 Å². The van der Waals surface area contributed by atoms with Crippen molar-refractivity contribution in [3.8, 4) is 28.1 Å². The van der Waals surface area contributed by atoms with Crippen molar-refractivity contribution in [2.24, 2.45) is 0 Å². The quantitative estimate of drug-likeness (QED) is 0.584. The zero-order chi connectivity index (χ0) is 19.0. The third-order valence-corrected chi connectivity index (χ3v) is 4.68. The van der Waals surface area contributed by atoms with Crippen LogP contribution in [0.4, 0.5) is 0 Å². The number of methoxy groups -OCH3 is 1. The molecule has 1 N–H and O–H groups in total. The van der Waals surface area contributed by atoms with Gasteiger partial charge in [0.15, 0.2) is 0 Å². The van der Waals surface area contributed by atoms with Gasteiger partial charge in [-0.15, -0.1) is 0 Å². The van der Waals surface area contributed by atoms with E-state index in [2.05, 4.69) is 23.9 Å². The monoisotopic (exact) mass is 359 g/mol. The Morgan fingerprint density at radius 1 is 1.00 bits per heavy atom. The standard InChI is InChI=1S/C22H21N3O2/c1-14(2)18-13-19(26)25-22(23-18)20(15-7-5-4-6-8-15)21(24-25)16-9-11-17(27-3)12-10-16/h4-14,23H,1-3H3. The van der Waals surface area contributed by atoms with Crippen LogP contribution in [0.1, 0.15) is 25.5 Å². The summed E-state index contributed by atoms with van der Waals surface area (Å²) in [7, 11) is 1.64. The molecule has 0 bridgehead atoms. The molecule has 0 radical (unpaired) electrons. The average Bonchev–Trinajstić information content (AvgIpc) is 3.08. The largest absolute Gasteiger partial charge is 0.497 e. The number of hydrogen-bond donors (Lipinski definition) is 1. The first kappa shape index (κ1) is 17.1. The highest BCUT2D eigenvalue weighted by Gasteiger charge is 2.19. The van der Waals surface area contributed by atoms with Gasteiger partial charge >= 0.3 is 0 Å². The first-order valence-electron chi connectivity index (χ1n) is 8.94. The van der Waals surface area contributed by atoms with Crippen molar-refractivity contribution in [1.29, 1.82) is 0 Å². The van der Waals surface area contributed by atoms with Crippen molar-refractivity contribution >= 4 is 5.65 Å². The van der Waals surface area contributed by atoms with Crippen molar-refractivity contribution in [3.63, 3.8) is 0 Å². The minimum atomic E-state index is -0.135. The van der Waals surface area contributed by atoms with Gasteiger partial charge in [-0.25, -0.2) is 0 Å². The average molecular weight is 359 g/mol. The van der Waals surface area contributed by atoms with Crippen molar-refractivity contribution in [3.05, 3.63) is 76.7 Å². The van der Waals surface area contributed by atoms with Crippen molar-refractivity contribution < 1.29 is 4.74 Å². The lowest BCUT2D eigenvalue weighted by Crippen LogP contribution is -2.16. The maximum Gasteiger partial charge on any atom is 0.274 e. The van der Waals surface area contributed by atoms with Crippen LogP contribution in [0.2, 0.25) is 0 Å². The van der Waals surface area contributed by atoms with E-state index in [9.17, 15) is 4.79 Å². The van der Waals surface area contributed by atoms with E-state index in [4.69, 9.17) is 4.74 Å². The molecule has 0 saturated carbocycles.